The molecule has 0 aliphatic carbocycles. The van der Waals surface area contributed by atoms with Gasteiger partial charge in [0.15, 0.2) is 4.80 Å². The summed E-state index contributed by atoms with van der Waals surface area (Å²) in [6.07, 6.45) is 3.51. The van der Waals surface area contributed by atoms with Crippen LogP contribution in [0.2, 0.25) is 0 Å². The zero-order valence-corrected chi connectivity index (χ0v) is 20.0. The van der Waals surface area contributed by atoms with Gasteiger partial charge in [-0.25, -0.2) is 12.8 Å². The van der Waals surface area contributed by atoms with E-state index < -0.39 is 15.8 Å². The van der Waals surface area contributed by atoms with Crippen LogP contribution >= 0.6 is 11.3 Å². The van der Waals surface area contributed by atoms with Crippen molar-refractivity contribution in [3.05, 3.63) is 71.3 Å². The minimum absolute atomic E-state index is 0.0561. The van der Waals surface area contributed by atoms with Gasteiger partial charge in [0, 0.05) is 25.6 Å². The maximum absolute atomic E-state index is 13.2. The Kier molecular flexibility index (Phi) is 6.92. The minimum atomic E-state index is -3.71. The van der Waals surface area contributed by atoms with E-state index in [0.717, 1.165) is 28.8 Å². The number of carbonyl (C=O) groups excluding carboxylic acids is 1. The van der Waals surface area contributed by atoms with E-state index in [1.54, 1.807) is 6.08 Å². The number of amides is 1. The Morgan fingerprint density at radius 3 is 2.55 bits per heavy atom. The number of benzene rings is 2. The molecule has 1 fully saturated rings. The summed E-state index contributed by atoms with van der Waals surface area (Å²) >= 11 is 1.48. The third-order valence-electron chi connectivity index (χ3n) is 5.93. The summed E-state index contributed by atoms with van der Waals surface area (Å²) in [5.41, 5.74) is 2.24. The predicted octanol–water partition coefficient (Wildman–Crippen LogP) is 4.12. The standard InChI is InChI=1S/C24H26FN3O3S2/c1-3-13-28-21-10-5-17(4-2)16-22(21)32-24(28)26-23(29)18-11-14-27(15-12-18)33(30,31)20-8-6-19(25)7-9-20/h3,5-10,16,18H,1,4,11-15H2,2H3. The highest BCUT2D eigenvalue weighted by Gasteiger charge is 2.32. The molecule has 3 aromatic rings. The van der Waals surface area contributed by atoms with Gasteiger partial charge in [-0.05, 0) is 61.2 Å². The van der Waals surface area contributed by atoms with Gasteiger partial charge < -0.3 is 4.57 Å². The monoisotopic (exact) mass is 487 g/mol. The van der Waals surface area contributed by atoms with E-state index in [1.807, 2.05) is 4.57 Å². The normalized spacial score (nSPS) is 16.4. The fourth-order valence-corrected chi connectivity index (χ4v) is 6.59. The summed E-state index contributed by atoms with van der Waals surface area (Å²) in [5.74, 6) is -1.05. The number of nitrogens with zero attached hydrogens (tertiary/aromatic N) is 3. The number of rotatable bonds is 6. The Labute approximate surface area is 196 Å². The van der Waals surface area contributed by atoms with Gasteiger partial charge in [0.1, 0.15) is 5.82 Å². The van der Waals surface area contributed by atoms with E-state index in [4.69, 9.17) is 0 Å². The second kappa shape index (κ2) is 9.70. The predicted molar refractivity (Wildman–Crippen MR) is 128 cm³/mol. The lowest BCUT2D eigenvalue weighted by atomic mass is 9.98. The number of fused-ring (bicyclic) bond motifs is 1. The summed E-state index contributed by atoms with van der Waals surface area (Å²) in [6, 6.07) is 11.1. The molecule has 0 N–H and O–H groups in total. The van der Waals surface area contributed by atoms with Crippen molar-refractivity contribution in [2.45, 2.75) is 37.6 Å². The average molecular weight is 488 g/mol. The Morgan fingerprint density at radius 2 is 1.91 bits per heavy atom. The molecular formula is C24H26FN3O3S2. The van der Waals surface area contributed by atoms with Crippen molar-refractivity contribution in [2.75, 3.05) is 13.1 Å². The van der Waals surface area contributed by atoms with E-state index in [9.17, 15) is 17.6 Å². The molecule has 174 valence electrons. The fourth-order valence-electron chi connectivity index (χ4n) is 4.01. The summed E-state index contributed by atoms with van der Waals surface area (Å²) in [7, 11) is -3.71. The van der Waals surface area contributed by atoms with Gasteiger partial charge >= 0.3 is 0 Å². The average Bonchev–Trinajstić information content (AvgIpc) is 3.15. The van der Waals surface area contributed by atoms with E-state index in [0.29, 0.717) is 24.2 Å². The third-order valence-corrected chi connectivity index (χ3v) is 8.88. The molecule has 2 aromatic carbocycles. The molecule has 4 rings (SSSR count). The number of thiazole rings is 1. The molecule has 1 saturated heterocycles. The molecular weight excluding hydrogens is 461 g/mol. The second-order valence-electron chi connectivity index (χ2n) is 8.02. The number of aryl methyl sites for hydroxylation is 1. The first kappa shape index (κ1) is 23.5. The zero-order valence-electron chi connectivity index (χ0n) is 18.4. The second-order valence-corrected chi connectivity index (χ2v) is 11.0. The summed E-state index contributed by atoms with van der Waals surface area (Å²) in [4.78, 5) is 18.1. The van der Waals surface area contributed by atoms with Crippen molar-refractivity contribution >= 4 is 37.5 Å². The Hall–Kier alpha value is -2.62. The minimum Gasteiger partial charge on any atom is -0.313 e. The fraction of sp³-hybridized carbons (Fsp3) is 0.333. The van der Waals surface area contributed by atoms with Crippen LogP contribution in [0, 0.1) is 11.7 Å². The van der Waals surface area contributed by atoms with Crippen LogP contribution in [0.1, 0.15) is 25.3 Å². The number of aromatic nitrogens is 1. The van der Waals surface area contributed by atoms with E-state index in [1.165, 1.54) is 33.3 Å². The molecule has 2 heterocycles. The topological polar surface area (TPSA) is 71.7 Å². The highest BCUT2D eigenvalue weighted by atomic mass is 32.2. The SMILES string of the molecule is C=CCn1c(=NC(=O)C2CCN(S(=O)(=O)c3ccc(F)cc3)CC2)sc2cc(CC)ccc21. The van der Waals surface area contributed by atoms with Crippen LogP contribution < -0.4 is 4.80 Å². The Balaban J connectivity index is 1.53. The van der Waals surface area contributed by atoms with Gasteiger partial charge in [-0.2, -0.15) is 9.30 Å². The van der Waals surface area contributed by atoms with Crippen molar-refractivity contribution < 1.29 is 17.6 Å². The summed E-state index contributed by atoms with van der Waals surface area (Å²) < 4.78 is 43.2. The van der Waals surface area contributed by atoms with E-state index >= 15 is 0 Å². The molecule has 6 nitrogen and oxygen atoms in total. The van der Waals surface area contributed by atoms with Crippen molar-refractivity contribution in [3.8, 4) is 0 Å². The number of sulfonamides is 1. The van der Waals surface area contributed by atoms with Crippen molar-refractivity contribution in [1.82, 2.24) is 8.87 Å². The highest BCUT2D eigenvalue weighted by Crippen LogP contribution is 2.25. The van der Waals surface area contributed by atoms with Gasteiger partial charge in [0.2, 0.25) is 10.0 Å². The number of allylic oxidation sites excluding steroid dienone is 1. The molecule has 9 heteroatoms. The molecule has 0 radical (unpaired) electrons. The first-order valence-corrected chi connectivity index (χ1v) is 13.2. The number of piperidine rings is 1. The largest absolute Gasteiger partial charge is 0.313 e. The van der Waals surface area contributed by atoms with Gasteiger partial charge in [-0.15, -0.1) is 6.58 Å². The third kappa shape index (κ3) is 4.85. The lowest BCUT2D eigenvalue weighted by molar-refractivity contribution is -0.122. The first-order valence-electron chi connectivity index (χ1n) is 10.9. The lowest BCUT2D eigenvalue weighted by Gasteiger charge is -2.29. The molecule has 33 heavy (non-hydrogen) atoms. The molecule has 1 aliphatic rings. The molecule has 0 saturated carbocycles. The molecule has 0 unspecified atom stereocenters. The smallest absolute Gasteiger partial charge is 0.251 e. The van der Waals surface area contributed by atoms with Crippen molar-refractivity contribution in [2.24, 2.45) is 10.9 Å². The van der Waals surface area contributed by atoms with Crippen LogP contribution in [-0.4, -0.2) is 36.3 Å². The lowest BCUT2D eigenvalue weighted by Crippen LogP contribution is -2.40. The van der Waals surface area contributed by atoms with Crippen LogP contribution in [0.5, 0.6) is 0 Å². The Morgan fingerprint density at radius 1 is 1.21 bits per heavy atom. The zero-order chi connectivity index (χ0) is 23.6. The van der Waals surface area contributed by atoms with E-state index in [2.05, 4.69) is 36.7 Å². The van der Waals surface area contributed by atoms with Crippen LogP contribution in [0.3, 0.4) is 0 Å². The highest BCUT2D eigenvalue weighted by molar-refractivity contribution is 7.89. The Bertz CT molecular complexity index is 1350. The summed E-state index contributed by atoms with van der Waals surface area (Å²) in [5, 5.41) is 0. The molecule has 0 spiro atoms. The van der Waals surface area contributed by atoms with Crippen LogP contribution in [0.25, 0.3) is 10.2 Å². The number of carbonyl (C=O) groups is 1. The molecule has 0 atom stereocenters. The maximum Gasteiger partial charge on any atom is 0.251 e. The maximum atomic E-state index is 13.2. The number of hydrogen-bond acceptors (Lipinski definition) is 4. The van der Waals surface area contributed by atoms with Crippen LogP contribution in [0.4, 0.5) is 4.39 Å². The molecule has 1 amide bonds. The number of hydrogen-bond donors (Lipinski definition) is 0. The first-order chi connectivity index (χ1) is 15.8. The molecule has 1 aromatic heterocycles. The van der Waals surface area contributed by atoms with E-state index in [-0.39, 0.29) is 29.8 Å². The van der Waals surface area contributed by atoms with Gasteiger partial charge in [-0.1, -0.05) is 30.4 Å². The molecule has 0 bridgehead atoms. The van der Waals surface area contributed by atoms with Gasteiger partial charge in [0.25, 0.3) is 5.91 Å². The van der Waals surface area contributed by atoms with Gasteiger partial charge in [-0.3, -0.25) is 4.79 Å². The quantitative estimate of drug-likeness (QED) is 0.491. The van der Waals surface area contributed by atoms with Gasteiger partial charge in [0.05, 0.1) is 15.1 Å². The molecule has 1 aliphatic heterocycles. The van der Waals surface area contributed by atoms with Crippen LogP contribution in [0.15, 0.2) is 65.0 Å². The number of halogens is 1. The van der Waals surface area contributed by atoms with Crippen LogP contribution in [-0.2, 0) is 27.8 Å². The van der Waals surface area contributed by atoms with Crippen molar-refractivity contribution in [1.29, 1.82) is 0 Å². The van der Waals surface area contributed by atoms with Crippen molar-refractivity contribution in [3.63, 3.8) is 0 Å². The summed E-state index contributed by atoms with van der Waals surface area (Å²) in [6.45, 7) is 6.92.